The SMILES string of the molecule is CCCCCCC/C=C\C/C=C\C/C=C\CCCCCCCCC(=O)NC(COC1OC(CO)C(OC2OC(CO)C(OC3OC(CO)C(O)C(O)C3O)C(O)C2O)C(O)C1O)C(O)CCCCCCCCCCCCCCCCCCCCCCCCCCCCCCCC. The van der Waals surface area contributed by atoms with Crippen molar-refractivity contribution in [3.8, 4) is 0 Å². The number of rotatable bonds is 62. The molecule has 96 heavy (non-hydrogen) atoms. The van der Waals surface area contributed by atoms with E-state index >= 15 is 0 Å². The van der Waals surface area contributed by atoms with Gasteiger partial charge in [-0.15, -0.1) is 0 Å². The lowest BCUT2D eigenvalue weighted by atomic mass is 9.96. The molecule has 3 saturated heterocycles. The fourth-order valence-corrected chi connectivity index (χ4v) is 13.4. The second-order valence-electron chi connectivity index (χ2n) is 28.2. The van der Waals surface area contributed by atoms with Crippen molar-refractivity contribution in [2.75, 3.05) is 26.4 Å². The summed E-state index contributed by atoms with van der Waals surface area (Å²) in [5.74, 6) is -0.251. The highest BCUT2D eigenvalue weighted by Gasteiger charge is 2.54. The van der Waals surface area contributed by atoms with E-state index in [-0.39, 0.29) is 18.9 Å². The van der Waals surface area contributed by atoms with Crippen LogP contribution < -0.4 is 5.32 Å². The summed E-state index contributed by atoms with van der Waals surface area (Å²) < 4.78 is 34.5. The third-order valence-electron chi connectivity index (χ3n) is 19.7. The van der Waals surface area contributed by atoms with Crippen molar-refractivity contribution >= 4 is 5.91 Å². The van der Waals surface area contributed by atoms with Gasteiger partial charge in [-0.1, -0.05) is 294 Å². The van der Waals surface area contributed by atoms with Gasteiger partial charge in [-0.25, -0.2) is 0 Å². The van der Waals surface area contributed by atoms with Gasteiger partial charge in [0.15, 0.2) is 18.9 Å². The number of aliphatic hydroxyl groups excluding tert-OH is 11. The summed E-state index contributed by atoms with van der Waals surface area (Å²) in [6.45, 7) is 1.82. The van der Waals surface area contributed by atoms with E-state index in [2.05, 4.69) is 55.6 Å². The lowest BCUT2D eigenvalue weighted by molar-refractivity contribution is -0.379. The summed E-state index contributed by atoms with van der Waals surface area (Å²) in [7, 11) is 0. The number of nitrogens with one attached hydrogen (secondary N) is 1. The smallest absolute Gasteiger partial charge is 0.220 e. The number of carbonyl (C=O) groups excluding carboxylic acids is 1. The zero-order chi connectivity index (χ0) is 69.6. The Morgan fingerprint density at radius 3 is 1.07 bits per heavy atom. The first-order valence-electron chi connectivity index (χ1n) is 39.2. The molecule has 12 N–H and O–H groups in total. The van der Waals surface area contributed by atoms with Crippen molar-refractivity contribution in [1.82, 2.24) is 5.32 Å². The molecule has 0 saturated carbocycles. The molecule has 17 unspecified atom stereocenters. The number of hydrogen-bond acceptors (Lipinski definition) is 18. The molecule has 564 valence electrons. The molecule has 0 radical (unpaired) electrons. The Kier molecular flexibility index (Phi) is 53.8. The minimum atomic E-state index is -1.98. The van der Waals surface area contributed by atoms with Crippen LogP contribution in [0.4, 0.5) is 0 Å². The second kappa shape index (κ2) is 58.5. The predicted molar refractivity (Wildman–Crippen MR) is 379 cm³/mol. The zero-order valence-corrected chi connectivity index (χ0v) is 60.1. The van der Waals surface area contributed by atoms with Crippen LogP contribution in [0, 0.1) is 0 Å². The van der Waals surface area contributed by atoms with Gasteiger partial charge in [-0.05, 0) is 51.4 Å². The van der Waals surface area contributed by atoms with E-state index in [4.69, 9.17) is 28.4 Å². The molecular formula is C77H143NO18. The molecule has 0 aliphatic carbocycles. The van der Waals surface area contributed by atoms with E-state index < -0.39 is 124 Å². The summed E-state index contributed by atoms with van der Waals surface area (Å²) in [6.07, 6.45) is 43.7. The highest BCUT2D eigenvalue weighted by Crippen LogP contribution is 2.33. The van der Waals surface area contributed by atoms with Crippen LogP contribution in [0.25, 0.3) is 0 Å². The van der Waals surface area contributed by atoms with Crippen molar-refractivity contribution in [1.29, 1.82) is 0 Å². The predicted octanol–water partition coefficient (Wildman–Crippen LogP) is 12.3. The highest BCUT2D eigenvalue weighted by molar-refractivity contribution is 5.76. The van der Waals surface area contributed by atoms with Crippen LogP contribution in [0.1, 0.15) is 316 Å². The lowest BCUT2D eigenvalue weighted by Crippen LogP contribution is -2.66. The molecule has 0 bridgehead atoms. The van der Waals surface area contributed by atoms with Crippen molar-refractivity contribution < 1.29 is 89.4 Å². The average molecular weight is 1370 g/mol. The molecule has 3 fully saturated rings. The first kappa shape index (κ1) is 88.2. The molecule has 1 amide bonds. The molecular weight excluding hydrogens is 1230 g/mol. The number of hydrogen-bond donors (Lipinski definition) is 12. The summed E-state index contributed by atoms with van der Waals surface area (Å²) in [5.41, 5.74) is 0. The summed E-state index contributed by atoms with van der Waals surface area (Å²) in [5, 5.41) is 121. The third kappa shape index (κ3) is 38.9. The summed E-state index contributed by atoms with van der Waals surface area (Å²) >= 11 is 0. The van der Waals surface area contributed by atoms with Gasteiger partial charge in [-0.2, -0.15) is 0 Å². The molecule has 19 nitrogen and oxygen atoms in total. The summed E-state index contributed by atoms with van der Waals surface area (Å²) in [4.78, 5) is 13.5. The largest absolute Gasteiger partial charge is 0.394 e. The molecule has 0 aromatic rings. The number of unbranched alkanes of at least 4 members (excludes halogenated alkanes) is 40. The average Bonchev–Trinajstić information content (AvgIpc) is 0.785. The number of carbonyl (C=O) groups is 1. The Morgan fingerprint density at radius 1 is 0.375 bits per heavy atom. The maximum atomic E-state index is 13.5. The standard InChI is InChI=1S/C77H143NO18/c1-3-5-7-9-11-13-15-17-19-21-23-25-26-27-28-29-30-31-32-33-35-36-38-40-42-44-46-48-50-52-54-61(82)60(78-65(83)55-53-51-49-47-45-43-41-39-37-34-24-22-20-18-16-14-12-10-8-6-4-2)59-91-75-71(89)68(86)73(63(57-80)93-75)96-77-72(90)69(87)74(64(58-81)94-77)95-76-70(88)67(85)66(84)62(56-79)92-76/h16,18,22,24,37,39,60-64,66-77,79-82,84-90H,3-15,17,19-21,23,25-36,38,40-59H2,1-2H3,(H,78,83)/b18-16-,24-22-,39-37-. The van der Waals surface area contributed by atoms with Crippen molar-refractivity contribution in [3.63, 3.8) is 0 Å². The quantitative estimate of drug-likeness (QED) is 0.0199. The molecule has 17 atom stereocenters. The maximum absolute atomic E-state index is 13.5. The molecule has 3 rings (SSSR count). The first-order valence-corrected chi connectivity index (χ1v) is 39.2. The highest BCUT2D eigenvalue weighted by atomic mass is 16.8. The van der Waals surface area contributed by atoms with E-state index in [1.807, 2.05) is 0 Å². The van der Waals surface area contributed by atoms with E-state index in [1.54, 1.807) is 0 Å². The maximum Gasteiger partial charge on any atom is 0.220 e. The van der Waals surface area contributed by atoms with Crippen LogP contribution in [0.2, 0.25) is 0 Å². The van der Waals surface area contributed by atoms with Crippen LogP contribution in [0.15, 0.2) is 36.5 Å². The Bertz CT molecular complexity index is 1880. The number of amides is 1. The van der Waals surface area contributed by atoms with Crippen molar-refractivity contribution in [2.24, 2.45) is 0 Å². The van der Waals surface area contributed by atoms with Crippen molar-refractivity contribution in [3.05, 3.63) is 36.5 Å². The van der Waals surface area contributed by atoms with Gasteiger partial charge in [0.25, 0.3) is 0 Å². The van der Waals surface area contributed by atoms with Gasteiger partial charge in [-0.3, -0.25) is 4.79 Å². The van der Waals surface area contributed by atoms with Crippen LogP contribution in [-0.4, -0.2) is 193 Å². The third-order valence-corrected chi connectivity index (χ3v) is 19.7. The number of aliphatic hydroxyl groups is 11. The monoisotopic (exact) mass is 1370 g/mol. The minimum absolute atomic E-state index is 0.251. The van der Waals surface area contributed by atoms with Gasteiger partial charge >= 0.3 is 0 Å². The fourth-order valence-electron chi connectivity index (χ4n) is 13.4. The molecule has 3 aliphatic rings. The minimum Gasteiger partial charge on any atom is -0.394 e. The van der Waals surface area contributed by atoms with E-state index in [1.165, 1.54) is 205 Å². The topological polar surface area (TPSA) is 307 Å². The second-order valence-corrected chi connectivity index (χ2v) is 28.2. The van der Waals surface area contributed by atoms with E-state index in [0.717, 1.165) is 77.0 Å². The van der Waals surface area contributed by atoms with Crippen LogP contribution in [-0.2, 0) is 33.2 Å². The number of allylic oxidation sites excluding steroid dienone is 6. The van der Waals surface area contributed by atoms with Crippen molar-refractivity contribution in [2.45, 2.75) is 420 Å². The van der Waals surface area contributed by atoms with Gasteiger partial charge in [0.2, 0.25) is 5.91 Å². The number of ether oxygens (including phenoxy) is 6. The molecule has 0 aromatic heterocycles. The van der Waals surface area contributed by atoms with Gasteiger partial charge in [0.05, 0.1) is 38.6 Å². The normalized spacial score (nSPS) is 27.2. The van der Waals surface area contributed by atoms with Gasteiger partial charge < -0.3 is 89.9 Å². The molecule has 0 spiro atoms. The fraction of sp³-hybridized carbons (Fsp3) is 0.909. The van der Waals surface area contributed by atoms with Crippen LogP contribution >= 0.6 is 0 Å². The lowest BCUT2D eigenvalue weighted by Gasteiger charge is -2.48. The zero-order valence-electron chi connectivity index (χ0n) is 60.1. The first-order chi connectivity index (χ1) is 46.8. The van der Waals surface area contributed by atoms with Gasteiger partial charge in [0.1, 0.15) is 73.2 Å². The molecule has 0 aromatic carbocycles. The summed E-state index contributed by atoms with van der Waals surface area (Å²) in [6, 6.07) is -0.897. The van der Waals surface area contributed by atoms with Gasteiger partial charge in [0, 0.05) is 6.42 Å². The Hall–Kier alpha value is -1.99. The Balaban J connectivity index is 1.38. The molecule has 19 heteroatoms. The Labute approximate surface area is 581 Å². The molecule has 3 aliphatic heterocycles. The van der Waals surface area contributed by atoms with E-state index in [9.17, 15) is 61.0 Å². The molecule has 3 heterocycles. The van der Waals surface area contributed by atoms with Crippen LogP contribution in [0.3, 0.4) is 0 Å². The Morgan fingerprint density at radius 2 is 0.688 bits per heavy atom. The van der Waals surface area contributed by atoms with E-state index in [0.29, 0.717) is 12.8 Å². The van der Waals surface area contributed by atoms with Crippen LogP contribution in [0.5, 0.6) is 0 Å².